The Labute approximate surface area is 128 Å². The summed E-state index contributed by atoms with van der Waals surface area (Å²) < 4.78 is 26.9. The van der Waals surface area contributed by atoms with Crippen LogP contribution in [0.25, 0.3) is 0 Å². The lowest BCUT2D eigenvalue weighted by Crippen LogP contribution is -2.41. The van der Waals surface area contributed by atoms with Gasteiger partial charge in [-0.05, 0) is 35.3 Å². The molecule has 20 heavy (non-hydrogen) atoms. The molecular formula is C10H13BrN2O5S2. The fourth-order valence-electron chi connectivity index (χ4n) is 1.47. The van der Waals surface area contributed by atoms with Gasteiger partial charge in [0.25, 0.3) is 0 Å². The molecule has 0 saturated heterocycles. The number of sulfonamides is 1. The van der Waals surface area contributed by atoms with Gasteiger partial charge in [-0.1, -0.05) is 0 Å². The summed E-state index contributed by atoms with van der Waals surface area (Å²) in [5.41, 5.74) is 4.93. The number of primary amides is 1. The van der Waals surface area contributed by atoms with E-state index in [1.54, 1.807) is 6.92 Å². The molecule has 0 radical (unpaired) electrons. The topological polar surface area (TPSA) is 127 Å². The molecule has 0 unspecified atom stereocenters. The summed E-state index contributed by atoms with van der Waals surface area (Å²) >= 11 is 4.39. The zero-order valence-corrected chi connectivity index (χ0v) is 13.6. The second-order valence-corrected chi connectivity index (χ2v) is 8.31. The molecule has 10 heteroatoms. The highest BCUT2D eigenvalue weighted by atomic mass is 79.9. The van der Waals surface area contributed by atoms with Gasteiger partial charge >= 0.3 is 5.97 Å². The minimum Gasteiger partial charge on any atom is -0.480 e. The Hall–Kier alpha value is -0.970. The molecule has 0 aliphatic carbocycles. The highest BCUT2D eigenvalue weighted by molar-refractivity contribution is 9.11. The number of carboxylic acids is 1. The van der Waals surface area contributed by atoms with E-state index in [2.05, 4.69) is 20.7 Å². The van der Waals surface area contributed by atoms with Crippen LogP contribution < -0.4 is 10.5 Å². The van der Waals surface area contributed by atoms with Crippen LogP contribution in [0.5, 0.6) is 0 Å². The van der Waals surface area contributed by atoms with Crippen LogP contribution in [0.4, 0.5) is 0 Å². The van der Waals surface area contributed by atoms with Crippen LogP contribution in [0.15, 0.2) is 14.7 Å². The van der Waals surface area contributed by atoms with Crippen LogP contribution in [0.2, 0.25) is 0 Å². The van der Waals surface area contributed by atoms with E-state index in [1.807, 2.05) is 0 Å². The number of rotatable bonds is 7. The van der Waals surface area contributed by atoms with Gasteiger partial charge in [0.15, 0.2) is 0 Å². The van der Waals surface area contributed by atoms with Crippen molar-refractivity contribution in [1.82, 2.24) is 4.72 Å². The molecule has 1 atom stereocenters. The summed E-state index contributed by atoms with van der Waals surface area (Å²) in [5.74, 6) is -2.05. The lowest BCUT2D eigenvalue weighted by Gasteiger charge is -2.13. The van der Waals surface area contributed by atoms with E-state index in [1.165, 1.54) is 17.4 Å². The van der Waals surface area contributed by atoms with Crippen LogP contribution >= 0.6 is 27.3 Å². The molecule has 1 aromatic heterocycles. The van der Waals surface area contributed by atoms with E-state index >= 15 is 0 Å². The fourth-order valence-corrected chi connectivity index (χ4v) is 5.11. The number of halogens is 1. The summed E-state index contributed by atoms with van der Waals surface area (Å²) in [7, 11) is -3.96. The van der Waals surface area contributed by atoms with Crippen molar-refractivity contribution in [3.05, 3.63) is 14.7 Å². The van der Waals surface area contributed by atoms with Crippen LogP contribution in [-0.2, 0) is 19.6 Å². The van der Waals surface area contributed by atoms with Crippen molar-refractivity contribution in [3.63, 3.8) is 0 Å². The monoisotopic (exact) mass is 384 g/mol. The average Bonchev–Trinajstić information content (AvgIpc) is 2.64. The first kappa shape index (κ1) is 17.1. The molecule has 0 aliphatic rings. The maximum atomic E-state index is 12.1. The van der Waals surface area contributed by atoms with Gasteiger partial charge in [0, 0.05) is 11.3 Å². The Bertz CT molecular complexity index is 626. The lowest BCUT2D eigenvalue weighted by molar-refractivity contribution is -0.139. The predicted molar refractivity (Wildman–Crippen MR) is 76.9 cm³/mol. The van der Waals surface area contributed by atoms with Crippen molar-refractivity contribution in [2.24, 2.45) is 5.73 Å². The molecule has 1 amide bonds. The molecule has 112 valence electrons. The van der Waals surface area contributed by atoms with Crippen molar-refractivity contribution in [1.29, 1.82) is 0 Å². The number of thiophene rings is 1. The number of carbonyl (C=O) groups excluding carboxylic acids is 1. The van der Waals surface area contributed by atoms with Gasteiger partial charge in [-0.3, -0.25) is 9.59 Å². The van der Waals surface area contributed by atoms with E-state index in [-0.39, 0.29) is 17.7 Å². The largest absolute Gasteiger partial charge is 0.480 e. The average molecular weight is 385 g/mol. The SMILES string of the molecule is Cc1sc(Br)cc1S(=O)(=O)N[C@H](CCC(N)=O)C(=O)O. The molecule has 1 rings (SSSR count). The number of carbonyl (C=O) groups is 2. The standard InChI is InChI=1S/C10H13BrN2O5S2/c1-5-7(4-8(11)19-5)20(17,18)13-6(10(15)16)2-3-9(12)14/h4,6,13H,2-3H2,1H3,(H2,12,14)(H,15,16)/t6-/m1/s1. The van der Waals surface area contributed by atoms with Crippen LogP contribution in [0.3, 0.4) is 0 Å². The lowest BCUT2D eigenvalue weighted by atomic mass is 10.2. The van der Waals surface area contributed by atoms with Crippen molar-refractivity contribution in [2.75, 3.05) is 0 Å². The van der Waals surface area contributed by atoms with Gasteiger partial charge in [-0.25, -0.2) is 8.42 Å². The Balaban J connectivity index is 2.94. The predicted octanol–water partition coefficient (Wildman–Crippen LogP) is 0.816. The first-order valence-corrected chi connectivity index (χ1v) is 8.52. The summed E-state index contributed by atoms with van der Waals surface area (Å²) in [5, 5.41) is 8.99. The van der Waals surface area contributed by atoms with Crippen LogP contribution in [0.1, 0.15) is 17.7 Å². The zero-order valence-electron chi connectivity index (χ0n) is 10.4. The molecule has 1 aromatic rings. The van der Waals surface area contributed by atoms with Crippen molar-refractivity contribution >= 4 is 49.2 Å². The first-order chi connectivity index (χ1) is 9.13. The molecule has 4 N–H and O–H groups in total. The third kappa shape index (κ3) is 4.54. The Morgan fingerprint density at radius 2 is 2.15 bits per heavy atom. The van der Waals surface area contributed by atoms with Crippen molar-refractivity contribution < 1.29 is 23.1 Å². The molecule has 0 saturated carbocycles. The second kappa shape index (κ2) is 6.66. The maximum Gasteiger partial charge on any atom is 0.321 e. The van der Waals surface area contributed by atoms with Crippen molar-refractivity contribution in [2.45, 2.75) is 30.7 Å². The number of carboxylic acid groups (broad SMARTS) is 1. The van der Waals surface area contributed by atoms with Gasteiger partial charge in [0.2, 0.25) is 15.9 Å². The number of nitrogens with two attached hydrogens (primary N) is 1. The maximum absolute atomic E-state index is 12.1. The molecular weight excluding hydrogens is 372 g/mol. The minimum absolute atomic E-state index is 0.0136. The van der Waals surface area contributed by atoms with E-state index in [9.17, 15) is 18.0 Å². The highest BCUT2D eigenvalue weighted by Gasteiger charge is 2.27. The van der Waals surface area contributed by atoms with Gasteiger partial charge in [-0.15, -0.1) is 11.3 Å². The molecule has 7 nitrogen and oxygen atoms in total. The normalized spacial score (nSPS) is 13.1. The van der Waals surface area contributed by atoms with Crippen molar-refractivity contribution in [3.8, 4) is 0 Å². The van der Waals surface area contributed by atoms with Gasteiger partial charge < -0.3 is 10.8 Å². The zero-order chi connectivity index (χ0) is 15.5. The van der Waals surface area contributed by atoms with Gasteiger partial charge in [0.05, 0.1) is 8.68 Å². The smallest absolute Gasteiger partial charge is 0.321 e. The highest BCUT2D eigenvalue weighted by Crippen LogP contribution is 2.29. The molecule has 0 bridgehead atoms. The third-order valence-corrected chi connectivity index (χ3v) is 5.69. The Morgan fingerprint density at radius 3 is 2.55 bits per heavy atom. The molecule has 0 fully saturated rings. The van der Waals surface area contributed by atoms with Gasteiger partial charge in [0.1, 0.15) is 6.04 Å². The summed E-state index contributed by atoms with van der Waals surface area (Å²) in [6.45, 7) is 1.61. The third-order valence-electron chi connectivity index (χ3n) is 2.41. The van der Waals surface area contributed by atoms with E-state index in [4.69, 9.17) is 10.8 Å². The fraction of sp³-hybridized carbons (Fsp3) is 0.400. The van der Waals surface area contributed by atoms with E-state index in [0.717, 1.165) is 0 Å². The second-order valence-electron chi connectivity index (χ2n) is 3.99. The summed E-state index contributed by atoms with van der Waals surface area (Å²) in [6.07, 6.45) is -0.417. The molecule has 0 aromatic carbocycles. The van der Waals surface area contributed by atoms with E-state index in [0.29, 0.717) is 8.66 Å². The number of aryl methyl sites for hydroxylation is 1. The Kier molecular flexibility index (Phi) is 5.68. The molecule has 0 aliphatic heterocycles. The number of hydrogen-bond donors (Lipinski definition) is 3. The number of nitrogens with one attached hydrogen (secondary N) is 1. The van der Waals surface area contributed by atoms with Gasteiger partial charge in [-0.2, -0.15) is 4.72 Å². The first-order valence-electron chi connectivity index (χ1n) is 5.43. The summed E-state index contributed by atoms with van der Waals surface area (Å²) in [4.78, 5) is 22.2. The van der Waals surface area contributed by atoms with Crippen LogP contribution in [-0.4, -0.2) is 31.4 Å². The van der Waals surface area contributed by atoms with E-state index < -0.39 is 27.9 Å². The number of aliphatic carboxylic acids is 1. The van der Waals surface area contributed by atoms with Crippen LogP contribution in [0, 0.1) is 6.92 Å². The molecule has 1 heterocycles. The minimum atomic E-state index is -3.96. The quantitative estimate of drug-likeness (QED) is 0.640. The summed E-state index contributed by atoms with van der Waals surface area (Å²) in [6, 6.07) is 0.000528. The Morgan fingerprint density at radius 1 is 1.55 bits per heavy atom. The number of amides is 1. The number of hydrogen-bond acceptors (Lipinski definition) is 5. The molecule has 0 spiro atoms.